The van der Waals surface area contributed by atoms with Crippen molar-refractivity contribution in [1.29, 1.82) is 0 Å². The van der Waals surface area contributed by atoms with Gasteiger partial charge in [0.1, 0.15) is 11.5 Å². The molecule has 2 amide bonds. The van der Waals surface area contributed by atoms with Gasteiger partial charge in [0.05, 0.1) is 12.2 Å². The zero-order valence-corrected chi connectivity index (χ0v) is 17.1. The summed E-state index contributed by atoms with van der Waals surface area (Å²) in [5.41, 5.74) is 1.23. The maximum absolute atomic E-state index is 12.6. The number of benzene rings is 3. The van der Waals surface area contributed by atoms with Crippen LogP contribution in [0.1, 0.15) is 10.4 Å². The Balaban J connectivity index is 1.58. The van der Waals surface area contributed by atoms with Crippen LogP contribution < -0.4 is 10.1 Å². The lowest BCUT2D eigenvalue weighted by Crippen LogP contribution is -2.35. The quantitative estimate of drug-likeness (QED) is 0.566. The van der Waals surface area contributed by atoms with E-state index < -0.39 is 0 Å². The predicted octanol–water partition coefficient (Wildman–Crippen LogP) is 4.91. The fourth-order valence-corrected chi connectivity index (χ4v) is 3.29. The monoisotopic (exact) mass is 406 g/mol. The van der Waals surface area contributed by atoms with Crippen LogP contribution in [-0.2, 0) is 4.79 Å². The van der Waals surface area contributed by atoms with Crippen LogP contribution in [0.5, 0.6) is 11.5 Å². The molecule has 1 N–H and O–H groups in total. The Hall–Kier alpha value is -3.25. The minimum absolute atomic E-state index is 0.0379. The number of carbonyl (C=O) groups is 2. The van der Waals surface area contributed by atoms with Gasteiger partial charge in [-0.3, -0.25) is 9.59 Å². The molecule has 29 heavy (non-hydrogen) atoms. The Bertz CT molecular complexity index is 975. The third-order valence-electron chi connectivity index (χ3n) is 4.19. The summed E-state index contributed by atoms with van der Waals surface area (Å²) in [7, 11) is 1.61. The van der Waals surface area contributed by atoms with Crippen LogP contribution in [0.4, 0.5) is 5.69 Å². The molecule has 0 bridgehead atoms. The molecule has 3 aromatic rings. The lowest BCUT2D eigenvalue weighted by molar-refractivity contribution is -0.116. The zero-order valence-electron chi connectivity index (χ0n) is 16.3. The minimum Gasteiger partial charge on any atom is -0.457 e. The number of nitrogens with one attached hydrogen (secondary N) is 1. The number of nitrogens with zero attached hydrogens (tertiary/aromatic N) is 1. The fourth-order valence-electron chi connectivity index (χ4n) is 2.74. The highest BCUT2D eigenvalue weighted by atomic mass is 32.2. The van der Waals surface area contributed by atoms with Gasteiger partial charge in [-0.15, -0.1) is 11.8 Å². The molecule has 0 unspecified atom stereocenters. The minimum atomic E-state index is -0.244. The molecule has 3 rings (SSSR count). The number of hydrogen-bond donors (Lipinski definition) is 1. The summed E-state index contributed by atoms with van der Waals surface area (Å²) in [4.78, 5) is 27.3. The first kappa shape index (κ1) is 20.5. The zero-order chi connectivity index (χ0) is 20.6. The molecule has 0 heterocycles. The van der Waals surface area contributed by atoms with Gasteiger partial charge in [0.15, 0.2) is 0 Å². The van der Waals surface area contributed by atoms with Gasteiger partial charge >= 0.3 is 0 Å². The van der Waals surface area contributed by atoms with Crippen LogP contribution in [0.25, 0.3) is 0 Å². The highest BCUT2D eigenvalue weighted by Gasteiger charge is 2.16. The van der Waals surface area contributed by atoms with E-state index in [2.05, 4.69) is 5.32 Å². The van der Waals surface area contributed by atoms with Gasteiger partial charge in [0.2, 0.25) is 5.91 Å². The first-order valence-corrected chi connectivity index (χ1v) is 10.3. The lowest BCUT2D eigenvalue weighted by Gasteiger charge is -2.18. The topological polar surface area (TPSA) is 58.6 Å². The maximum atomic E-state index is 12.6. The van der Waals surface area contributed by atoms with E-state index in [1.807, 2.05) is 60.9 Å². The number of rotatable bonds is 7. The largest absolute Gasteiger partial charge is 0.457 e. The molecule has 0 aliphatic carbocycles. The normalized spacial score (nSPS) is 10.3. The molecule has 6 heteroatoms. The second kappa shape index (κ2) is 9.80. The molecular weight excluding hydrogens is 384 g/mol. The lowest BCUT2D eigenvalue weighted by atomic mass is 10.2. The van der Waals surface area contributed by atoms with Gasteiger partial charge in [0, 0.05) is 17.5 Å². The number of para-hydroxylation sites is 2. The van der Waals surface area contributed by atoms with Crippen LogP contribution >= 0.6 is 11.8 Å². The average molecular weight is 407 g/mol. The molecule has 0 spiro atoms. The standard InChI is InChI=1S/C23H22N2O3S/c1-25(16-22(26)24-20-10-6-7-11-21(20)29-2)23(27)17-12-14-19(15-13-17)28-18-8-4-3-5-9-18/h3-15H,16H2,1-2H3,(H,24,26). The third-order valence-corrected chi connectivity index (χ3v) is 4.98. The third kappa shape index (κ3) is 5.62. The number of carbonyl (C=O) groups excluding carboxylic acids is 2. The predicted molar refractivity (Wildman–Crippen MR) is 117 cm³/mol. The van der Waals surface area contributed by atoms with Gasteiger partial charge in [-0.1, -0.05) is 30.3 Å². The maximum Gasteiger partial charge on any atom is 0.254 e. The van der Waals surface area contributed by atoms with Gasteiger partial charge < -0.3 is 15.0 Å². The molecule has 3 aromatic carbocycles. The molecular formula is C23H22N2O3S. The summed E-state index contributed by atoms with van der Waals surface area (Å²) in [6.45, 7) is -0.0379. The number of thioether (sulfide) groups is 1. The summed E-state index contributed by atoms with van der Waals surface area (Å²) < 4.78 is 5.74. The van der Waals surface area contributed by atoms with Crippen LogP contribution in [0.2, 0.25) is 0 Å². The Morgan fingerprint density at radius 3 is 2.21 bits per heavy atom. The molecule has 0 saturated carbocycles. The van der Waals surface area contributed by atoms with Crippen molar-refractivity contribution in [2.24, 2.45) is 0 Å². The van der Waals surface area contributed by atoms with Crippen molar-refractivity contribution in [2.45, 2.75) is 4.90 Å². The van der Waals surface area contributed by atoms with Crippen molar-refractivity contribution < 1.29 is 14.3 Å². The molecule has 0 radical (unpaired) electrons. The number of likely N-dealkylation sites (N-methyl/N-ethyl adjacent to an activating group) is 1. The number of ether oxygens (including phenoxy) is 1. The molecule has 0 fully saturated rings. The van der Waals surface area contributed by atoms with E-state index >= 15 is 0 Å². The fraction of sp³-hybridized carbons (Fsp3) is 0.130. The van der Waals surface area contributed by atoms with Crippen molar-refractivity contribution in [3.8, 4) is 11.5 Å². The highest BCUT2D eigenvalue weighted by Crippen LogP contribution is 2.24. The van der Waals surface area contributed by atoms with Crippen molar-refractivity contribution in [3.05, 3.63) is 84.4 Å². The number of anilines is 1. The Labute approximate surface area is 174 Å². The highest BCUT2D eigenvalue weighted by molar-refractivity contribution is 7.98. The second-order valence-electron chi connectivity index (χ2n) is 6.35. The summed E-state index contributed by atoms with van der Waals surface area (Å²) in [5.74, 6) is 0.892. The van der Waals surface area contributed by atoms with Crippen LogP contribution in [0, 0.1) is 0 Å². The summed E-state index contributed by atoms with van der Waals surface area (Å²) in [6, 6.07) is 23.9. The van der Waals surface area contributed by atoms with Gasteiger partial charge in [0.25, 0.3) is 5.91 Å². The summed E-state index contributed by atoms with van der Waals surface area (Å²) in [5, 5.41) is 2.86. The van der Waals surface area contributed by atoms with Crippen LogP contribution in [0.15, 0.2) is 83.8 Å². The summed E-state index contributed by atoms with van der Waals surface area (Å²) >= 11 is 1.55. The van der Waals surface area contributed by atoms with Crippen molar-refractivity contribution in [1.82, 2.24) is 4.90 Å². The first-order valence-electron chi connectivity index (χ1n) is 9.08. The second-order valence-corrected chi connectivity index (χ2v) is 7.20. The first-order chi connectivity index (χ1) is 14.1. The molecule has 0 atom stereocenters. The van der Waals surface area contributed by atoms with Crippen LogP contribution in [-0.4, -0.2) is 36.6 Å². The Morgan fingerprint density at radius 1 is 0.897 bits per heavy atom. The molecule has 0 aromatic heterocycles. The van der Waals surface area contributed by atoms with Crippen molar-refractivity contribution in [3.63, 3.8) is 0 Å². The molecule has 148 valence electrons. The molecule has 0 aliphatic rings. The Morgan fingerprint density at radius 2 is 1.52 bits per heavy atom. The van der Waals surface area contributed by atoms with Crippen LogP contribution in [0.3, 0.4) is 0 Å². The van der Waals surface area contributed by atoms with E-state index in [0.717, 1.165) is 16.3 Å². The van der Waals surface area contributed by atoms with Gasteiger partial charge in [-0.2, -0.15) is 0 Å². The average Bonchev–Trinajstić information content (AvgIpc) is 2.75. The Kier molecular flexibility index (Phi) is 6.92. The van der Waals surface area contributed by atoms with E-state index in [-0.39, 0.29) is 18.4 Å². The number of amides is 2. The smallest absolute Gasteiger partial charge is 0.254 e. The molecule has 5 nitrogen and oxygen atoms in total. The van der Waals surface area contributed by atoms with E-state index in [9.17, 15) is 9.59 Å². The molecule has 0 aliphatic heterocycles. The van der Waals surface area contributed by atoms with E-state index in [0.29, 0.717) is 11.3 Å². The van der Waals surface area contributed by atoms with Crippen molar-refractivity contribution in [2.75, 3.05) is 25.2 Å². The van der Waals surface area contributed by atoms with E-state index in [4.69, 9.17) is 4.74 Å². The summed E-state index contributed by atoms with van der Waals surface area (Å²) in [6.07, 6.45) is 1.95. The van der Waals surface area contributed by atoms with Gasteiger partial charge in [-0.05, 0) is 54.8 Å². The van der Waals surface area contributed by atoms with E-state index in [1.54, 1.807) is 43.1 Å². The molecule has 0 saturated heterocycles. The SMILES string of the molecule is CSc1ccccc1NC(=O)CN(C)C(=O)c1ccc(Oc2ccccc2)cc1. The van der Waals surface area contributed by atoms with E-state index in [1.165, 1.54) is 4.90 Å². The van der Waals surface area contributed by atoms with Gasteiger partial charge in [-0.25, -0.2) is 0 Å². The van der Waals surface area contributed by atoms with Crippen molar-refractivity contribution >= 4 is 29.3 Å². The number of hydrogen-bond acceptors (Lipinski definition) is 4.